The summed E-state index contributed by atoms with van der Waals surface area (Å²) in [6.07, 6.45) is 0. The van der Waals surface area contributed by atoms with Crippen LogP contribution in [0.2, 0.25) is 0 Å². The number of nitrogens with zero attached hydrogens (tertiary/aromatic N) is 1. The van der Waals surface area contributed by atoms with Crippen molar-refractivity contribution in [3.8, 4) is 0 Å². The molecule has 1 amide bonds. The number of aliphatic hydroxyl groups is 1. The Morgan fingerprint density at radius 3 is 2.84 bits per heavy atom. The number of nitrogens with one attached hydrogen (secondary N) is 1. The maximum atomic E-state index is 12.2. The Morgan fingerprint density at radius 1 is 1.37 bits per heavy atom. The molecule has 0 radical (unpaired) electrons. The average molecular weight is 258 g/mol. The average Bonchev–Trinajstić information content (AvgIpc) is 2.37. The highest BCUT2D eigenvalue weighted by Crippen LogP contribution is 2.18. The third kappa shape index (κ3) is 2.02. The van der Waals surface area contributed by atoms with E-state index in [9.17, 15) is 9.59 Å². The minimum absolute atomic E-state index is 0.0953. The Kier molecular flexibility index (Phi) is 2.83. The van der Waals surface area contributed by atoms with E-state index >= 15 is 0 Å². The minimum Gasteiger partial charge on any atom is -0.396 e. The van der Waals surface area contributed by atoms with Gasteiger partial charge in [-0.15, -0.1) is 0 Å². The van der Waals surface area contributed by atoms with Crippen LogP contribution in [0.4, 0.5) is 0 Å². The van der Waals surface area contributed by atoms with Crippen molar-refractivity contribution in [3.63, 3.8) is 0 Å². The smallest absolute Gasteiger partial charge is 0.270 e. The zero-order chi connectivity index (χ0) is 13.4. The van der Waals surface area contributed by atoms with E-state index in [0.717, 1.165) is 5.39 Å². The van der Waals surface area contributed by atoms with Gasteiger partial charge in [-0.05, 0) is 17.5 Å². The quantitative estimate of drug-likeness (QED) is 0.828. The molecule has 2 heterocycles. The van der Waals surface area contributed by atoms with E-state index in [4.69, 9.17) is 5.11 Å². The second-order valence-corrected chi connectivity index (χ2v) is 4.86. The summed E-state index contributed by atoms with van der Waals surface area (Å²) in [5, 5.41) is 10.3. The molecule has 1 aliphatic rings. The van der Waals surface area contributed by atoms with Crippen LogP contribution in [0, 0.1) is 5.92 Å². The summed E-state index contributed by atoms with van der Waals surface area (Å²) in [7, 11) is 0. The summed E-state index contributed by atoms with van der Waals surface area (Å²) < 4.78 is 0. The standard InChI is InChI=1S/C14H14N2O3/c17-8-9-6-16(7-9)14(19)12-5-10-3-1-2-4-11(10)13(18)15-12/h1-5,9,17H,6-8H2,(H,15,18). The van der Waals surface area contributed by atoms with Crippen LogP contribution in [-0.2, 0) is 0 Å². The topological polar surface area (TPSA) is 73.4 Å². The van der Waals surface area contributed by atoms with Gasteiger partial charge in [0.15, 0.2) is 0 Å². The molecule has 1 aromatic carbocycles. The van der Waals surface area contributed by atoms with Crippen LogP contribution in [0.1, 0.15) is 10.5 Å². The van der Waals surface area contributed by atoms with E-state index in [1.165, 1.54) is 0 Å². The number of aromatic nitrogens is 1. The molecule has 0 unspecified atom stereocenters. The number of benzene rings is 1. The number of carbonyl (C=O) groups is 1. The zero-order valence-corrected chi connectivity index (χ0v) is 10.3. The van der Waals surface area contributed by atoms with Crippen LogP contribution in [0.25, 0.3) is 10.8 Å². The summed E-state index contributed by atoms with van der Waals surface area (Å²) in [5.74, 6) is -0.0244. The van der Waals surface area contributed by atoms with Gasteiger partial charge in [0.25, 0.3) is 11.5 Å². The maximum absolute atomic E-state index is 12.2. The highest BCUT2D eigenvalue weighted by atomic mass is 16.3. The molecular weight excluding hydrogens is 244 g/mol. The largest absolute Gasteiger partial charge is 0.396 e. The molecule has 19 heavy (non-hydrogen) atoms. The second-order valence-electron chi connectivity index (χ2n) is 4.86. The molecule has 0 atom stereocenters. The van der Waals surface area contributed by atoms with Gasteiger partial charge in [0.2, 0.25) is 0 Å². The number of H-pyrrole nitrogens is 1. The molecule has 0 aliphatic carbocycles. The van der Waals surface area contributed by atoms with Crippen molar-refractivity contribution in [2.75, 3.05) is 19.7 Å². The van der Waals surface area contributed by atoms with E-state index in [2.05, 4.69) is 4.98 Å². The minimum atomic E-state index is -0.249. The summed E-state index contributed by atoms with van der Waals surface area (Å²) in [6.45, 7) is 1.19. The first kappa shape index (κ1) is 11.9. The number of pyridine rings is 1. The predicted molar refractivity (Wildman–Crippen MR) is 71.0 cm³/mol. The van der Waals surface area contributed by atoms with Crippen LogP contribution in [0.5, 0.6) is 0 Å². The van der Waals surface area contributed by atoms with Gasteiger partial charge in [-0.1, -0.05) is 18.2 Å². The summed E-state index contributed by atoms with van der Waals surface area (Å²) in [4.78, 5) is 28.3. The summed E-state index contributed by atoms with van der Waals surface area (Å²) in [5.41, 5.74) is 0.0563. The van der Waals surface area contributed by atoms with Crippen molar-refractivity contribution < 1.29 is 9.90 Å². The zero-order valence-electron chi connectivity index (χ0n) is 10.3. The summed E-state index contributed by atoms with van der Waals surface area (Å²) >= 11 is 0. The number of aliphatic hydroxyl groups excluding tert-OH is 1. The Morgan fingerprint density at radius 2 is 2.11 bits per heavy atom. The molecule has 1 fully saturated rings. The number of amides is 1. The molecule has 98 valence electrons. The lowest BCUT2D eigenvalue weighted by molar-refractivity contribution is 0.0356. The fourth-order valence-electron chi connectivity index (χ4n) is 2.35. The molecule has 0 spiro atoms. The van der Waals surface area contributed by atoms with Crippen LogP contribution in [-0.4, -0.2) is 40.6 Å². The van der Waals surface area contributed by atoms with Gasteiger partial charge in [0, 0.05) is 31.0 Å². The first-order chi connectivity index (χ1) is 9.19. The number of likely N-dealkylation sites (tertiary alicyclic amines) is 1. The number of rotatable bonds is 2. The second kappa shape index (κ2) is 4.51. The molecule has 1 aromatic heterocycles. The Labute approximate surface area is 109 Å². The van der Waals surface area contributed by atoms with E-state index in [-0.39, 0.29) is 24.0 Å². The van der Waals surface area contributed by atoms with Crippen LogP contribution in [0.15, 0.2) is 35.1 Å². The van der Waals surface area contributed by atoms with Gasteiger partial charge in [0.05, 0.1) is 0 Å². The molecule has 2 aromatic rings. The lowest BCUT2D eigenvalue weighted by atomic mass is 10.0. The molecule has 0 bridgehead atoms. The molecule has 3 rings (SSSR count). The number of fused-ring (bicyclic) bond motifs is 1. The molecule has 0 saturated carbocycles. The number of hydrogen-bond acceptors (Lipinski definition) is 3. The lowest BCUT2D eigenvalue weighted by Crippen LogP contribution is -2.51. The van der Waals surface area contributed by atoms with Crippen molar-refractivity contribution in [2.24, 2.45) is 5.92 Å². The molecule has 1 saturated heterocycles. The van der Waals surface area contributed by atoms with Crippen LogP contribution in [0.3, 0.4) is 0 Å². The highest BCUT2D eigenvalue weighted by Gasteiger charge is 2.31. The Balaban J connectivity index is 1.93. The molecule has 5 nitrogen and oxygen atoms in total. The maximum Gasteiger partial charge on any atom is 0.270 e. The van der Waals surface area contributed by atoms with Gasteiger partial charge in [-0.2, -0.15) is 0 Å². The summed E-state index contributed by atoms with van der Waals surface area (Å²) in [6, 6.07) is 8.87. The third-order valence-electron chi connectivity index (χ3n) is 3.49. The van der Waals surface area contributed by atoms with E-state index in [0.29, 0.717) is 24.2 Å². The first-order valence-electron chi connectivity index (χ1n) is 6.21. The van der Waals surface area contributed by atoms with Gasteiger partial charge >= 0.3 is 0 Å². The van der Waals surface area contributed by atoms with E-state index in [1.54, 1.807) is 23.1 Å². The number of aromatic amines is 1. The van der Waals surface area contributed by atoms with Crippen molar-refractivity contribution in [1.82, 2.24) is 9.88 Å². The van der Waals surface area contributed by atoms with Crippen molar-refractivity contribution in [2.45, 2.75) is 0 Å². The first-order valence-corrected chi connectivity index (χ1v) is 6.21. The van der Waals surface area contributed by atoms with E-state index in [1.807, 2.05) is 12.1 Å². The van der Waals surface area contributed by atoms with Crippen LogP contribution >= 0.6 is 0 Å². The SMILES string of the molecule is O=C(c1cc2ccccc2c(=O)[nH]1)N1CC(CO)C1. The third-order valence-corrected chi connectivity index (χ3v) is 3.49. The Bertz CT molecular complexity index is 686. The Hall–Kier alpha value is -2.14. The molecule has 2 N–H and O–H groups in total. The predicted octanol–water partition coefficient (Wildman–Crippen LogP) is 0.592. The van der Waals surface area contributed by atoms with Crippen molar-refractivity contribution in [3.05, 3.63) is 46.4 Å². The van der Waals surface area contributed by atoms with Gasteiger partial charge in [-0.25, -0.2) is 0 Å². The number of carbonyl (C=O) groups excluding carboxylic acids is 1. The normalized spacial score (nSPS) is 15.5. The monoisotopic (exact) mass is 258 g/mol. The molecule has 5 heteroatoms. The van der Waals surface area contributed by atoms with Crippen LogP contribution < -0.4 is 5.56 Å². The van der Waals surface area contributed by atoms with Crippen molar-refractivity contribution >= 4 is 16.7 Å². The van der Waals surface area contributed by atoms with Gasteiger partial charge < -0.3 is 15.0 Å². The fourth-order valence-corrected chi connectivity index (χ4v) is 2.35. The van der Waals surface area contributed by atoms with Gasteiger partial charge in [0.1, 0.15) is 5.69 Å². The molecule has 1 aliphatic heterocycles. The fraction of sp³-hybridized carbons (Fsp3) is 0.286. The highest BCUT2D eigenvalue weighted by molar-refractivity contribution is 5.96. The van der Waals surface area contributed by atoms with Crippen molar-refractivity contribution in [1.29, 1.82) is 0 Å². The van der Waals surface area contributed by atoms with Gasteiger partial charge in [-0.3, -0.25) is 9.59 Å². The lowest BCUT2D eigenvalue weighted by Gasteiger charge is -2.38. The molecular formula is C14H14N2O3. The number of hydrogen-bond donors (Lipinski definition) is 2. The van der Waals surface area contributed by atoms with E-state index < -0.39 is 0 Å².